The molecular weight excluding hydrogens is 302 g/mol. The number of benzene rings is 1. The Morgan fingerprint density at radius 3 is 2.70 bits per heavy atom. The van der Waals surface area contributed by atoms with E-state index in [2.05, 4.69) is 25.8 Å². The van der Waals surface area contributed by atoms with E-state index < -0.39 is 11.6 Å². The molecule has 6 nitrogen and oxygen atoms in total. The maximum atomic E-state index is 13.5. The van der Waals surface area contributed by atoms with Gasteiger partial charge in [-0.05, 0) is 31.0 Å². The number of rotatable bonds is 7. The summed E-state index contributed by atoms with van der Waals surface area (Å²) in [4.78, 5) is 4.06. The second-order valence-corrected chi connectivity index (χ2v) is 5.00. The monoisotopic (exact) mass is 322 g/mol. The van der Waals surface area contributed by atoms with E-state index in [4.69, 9.17) is 0 Å². The zero-order valence-corrected chi connectivity index (χ0v) is 13.0. The van der Waals surface area contributed by atoms with Gasteiger partial charge in [-0.25, -0.2) is 8.78 Å². The fourth-order valence-electron chi connectivity index (χ4n) is 2.04. The van der Waals surface area contributed by atoms with Crippen LogP contribution in [0.5, 0.6) is 0 Å². The lowest BCUT2D eigenvalue weighted by Gasteiger charge is -2.12. The van der Waals surface area contributed by atoms with Crippen molar-refractivity contribution in [3.63, 3.8) is 0 Å². The minimum absolute atomic E-state index is 0.171. The van der Waals surface area contributed by atoms with Crippen molar-refractivity contribution in [2.45, 2.75) is 25.9 Å². The Morgan fingerprint density at radius 1 is 1.17 bits per heavy atom. The molecule has 2 N–H and O–H groups in total. The summed E-state index contributed by atoms with van der Waals surface area (Å²) in [6.45, 7) is 1.76. The number of halogens is 2. The average Bonchev–Trinajstić information content (AvgIpc) is 3.06. The van der Waals surface area contributed by atoms with E-state index in [1.54, 1.807) is 19.7 Å². The lowest BCUT2D eigenvalue weighted by atomic mass is 10.2. The lowest BCUT2D eigenvalue weighted by Crippen LogP contribution is -2.37. The number of guanidine groups is 1. The molecule has 2 aromatic rings. The summed E-state index contributed by atoms with van der Waals surface area (Å²) < 4.78 is 28.6. The summed E-state index contributed by atoms with van der Waals surface area (Å²) in [5, 5.41) is 13.6. The van der Waals surface area contributed by atoms with Gasteiger partial charge in [-0.15, -0.1) is 10.2 Å². The molecule has 0 saturated heterocycles. The van der Waals surface area contributed by atoms with E-state index in [0.29, 0.717) is 5.96 Å². The summed E-state index contributed by atoms with van der Waals surface area (Å²) in [5.74, 6) is -0.346. The first-order valence-corrected chi connectivity index (χ1v) is 7.40. The first kappa shape index (κ1) is 16.9. The Balaban J connectivity index is 1.68. The van der Waals surface area contributed by atoms with Gasteiger partial charge in [0.2, 0.25) is 0 Å². The molecular formula is C15H20F2N6. The fraction of sp³-hybridized carbons (Fsp3) is 0.400. The Kier molecular flexibility index (Phi) is 6.46. The number of aromatic nitrogens is 3. The van der Waals surface area contributed by atoms with E-state index >= 15 is 0 Å². The molecule has 0 radical (unpaired) electrons. The molecule has 0 spiro atoms. The number of unbranched alkanes of at least 4 members (excludes halogenated alkanes) is 1. The van der Waals surface area contributed by atoms with E-state index in [-0.39, 0.29) is 12.1 Å². The number of hydrogen-bond donors (Lipinski definition) is 2. The highest BCUT2D eigenvalue weighted by atomic mass is 19.1. The predicted octanol–water partition coefficient (Wildman–Crippen LogP) is 1.70. The van der Waals surface area contributed by atoms with Gasteiger partial charge in [-0.1, -0.05) is 0 Å². The minimum Gasteiger partial charge on any atom is -0.356 e. The maximum Gasteiger partial charge on any atom is 0.191 e. The number of aliphatic imine (C=N–C) groups is 1. The van der Waals surface area contributed by atoms with Gasteiger partial charge in [0.15, 0.2) is 5.96 Å². The molecule has 0 fully saturated rings. The molecule has 0 bridgehead atoms. The smallest absolute Gasteiger partial charge is 0.191 e. The summed E-state index contributed by atoms with van der Waals surface area (Å²) in [7, 11) is 1.63. The van der Waals surface area contributed by atoms with Crippen molar-refractivity contribution >= 4 is 5.96 Å². The topological polar surface area (TPSA) is 67.1 Å². The molecule has 124 valence electrons. The molecule has 0 aliphatic heterocycles. The van der Waals surface area contributed by atoms with Crippen molar-refractivity contribution in [1.82, 2.24) is 25.4 Å². The van der Waals surface area contributed by atoms with Crippen LogP contribution in [0.1, 0.15) is 18.4 Å². The molecule has 0 unspecified atom stereocenters. The normalized spacial score (nSPS) is 11.5. The highest BCUT2D eigenvalue weighted by Gasteiger charge is 2.05. The van der Waals surface area contributed by atoms with Gasteiger partial charge in [0, 0.05) is 32.2 Å². The molecule has 0 atom stereocenters. The van der Waals surface area contributed by atoms with Crippen LogP contribution in [0.4, 0.5) is 8.78 Å². The summed E-state index contributed by atoms with van der Waals surface area (Å²) in [5.41, 5.74) is 0.264. The zero-order valence-electron chi connectivity index (χ0n) is 13.0. The number of nitrogens with zero attached hydrogens (tertiary/aromatic N) is 4. The van der Waals surface area contributed by atoms with E-state index in [1.807, 2.05) is 4.57 Å². The number of hydrogen-bond acceptors (Lipinski definition) is 3. The van der Waals surface area contributed by atoms with Crippen LogP contribution >= 0.6 is 0 Å². The first-order chi connectivity index (χ1) is 11.2. The van der Waals surface area contributed by atoms with Gasteiger partial charge in [0.25, 0.3) is 0 Å². The van der Waals surface area contributed by atoms with Crippen molar-refractivity contribution in [3.05, 3.63) is 48.1 Å². The van der Waals surface area contributed by atoms with Crippen molar-refractivity contribution in [1.29, 1.82) is 0 Å². The quantitative estimate of drug-likeness (QED) is 0.463. The van der Waals surface area contributed by atoms with Gasteiger partial charge in [-0.2, -0.15) is 0 Å². The second kappa shape index (κ2) is 8.82. The summed E-state index contributed by atoms with van der Waals surface area (Å²) in [6.07, 6.45) is 5.27. The summed E-state index contributed by atoms with van der Waals surface area (Å²) >= 11 is 0. The van der Waals surface area contributed by atoms with Crippen molar-refractivity contribution in [3.8, 4) is 0 Å². The van der Waals surface area contributed by atoms with Crippen molar-refractivity contribution in [2.24, 2.45) is 4.99 Å². The van der Waals surface area contributed by atoms with Crippen LogP contribution in [0.25, 0.3) is 0 Å². The van der Waals surface area contributed by atoms with Crippen molar-refractivity contribution in [2.75, 3.05) is 13.6 Å². The van der Waals surface area contributed by atoms with E-state index in [1.165, 1.54) is 6.07 Å². The minimum atomic E-state index is -0.458. The molecule has 23 heavy (non-hydrogen) atoms. The van der Waals surface area contributed by atoms with Gasteiger partial charge in [-0.3, -0.25) is 4.99 Å². The van der Waals surface area contributed by atoms with Crippen LogP contribution < -0.4 is 10.6 Å². The number of nitrogens with one attached hydrogen (secondary N) is 2. The molecule has 0 aliphatic rings. The third-order valence-corrected chi connectivity index (χ3v) is 3.28. The van der Waals surface area contributed by atoms with E-state index in [0.717, 1.165) is 38.1 Å². The molecule has 1 aromatic heterocycles. The van der Waals surface area contributed by atoms with Crippen molar-refractivity contribution < 1.29 is 8.78 Å². The molecule has 1 heterocycles. The third kappa shape index (κ3) is 5.65. The van der Waals surface area contributed by atoms with Crippen LogP contribution in [0.15, 0.2) is 35.8 Å². The number of aryl methyl sites for hydroxylation is 1. The Bertz CT molecular complexity index is 627. The van der Waals surface area contributed by atoms with Crippen LogP contribution in [-0.2, 0) is 13.1 Å². The SMILES string of the molecule is CN=C(NCCCCn1cnnc1)NCc1cc(F)ccc1F. The van der Waals surface area contributed by atoms with Crippen LogP contribution in [0, 0.1) is 11.6 Å². The third-order valence-electron chi connectivity index (χ3n) is 3.28. The zero-order chi connectivity index (χ0) is 16.5. The van der Waals surface area contributed by atoms with Gasteiger partial charge in [0.05, 0.1) is 0 Å². The average molecular weight is 322 g/mol. The Labute approximate surface area is 133 Å². The Hall–Kier alpha value is -2.51. The second-order valence-electron chi connectivity index (χ2n) is 5.00. The highest BCUT2D eigenvalue weighted by Crippen LogP contribution is 2.09. The lowest BCUT2D eigenvalue weighted by molar-refractivity contribution is 0.579. The van der Waals surface area contributed by atoms with Gasteiger partial charge >= 0.3 is 0 Å². The predicted molar refractivity (Wildman–Crippen MR) is 83.8 cm³/mol. The molecule has 0 amide bonds. The first-order valence-electron chi connectivity index (χ1n) is 7.40. The molecule has 8 heteroatoms. The highest BCUT2D eigenvalue weighted by molar-refractivity contribution is 5.79. The standard InChI is InChI=1S/C15H20F2N6/c1-18-15(19-6-2-3-7-23-10-21-22-11-23)20-9-12-8-13(16)4-5-14(12)17/h4-5,8,10-11H,2-3,6-7,9H2,1H3,(H2,18,19,20). The molecule has 1 aromatic carbocycles. The Morgan fingerprint density at radius 2 is 1.96 bits per heavy atom. The molecule has 0 aliphatic carbocycles. The van der Waals surface area contributed by atoms with E-state index in [9.17, 15) is 8.78 Å². The fourth-order valence-corrected chi connectivity index (χ4v) is 2.04. The van der Waals surface area contributed by atoms with Gasteiger partial charge < -0.3 is 15.2 Å². The van der Waals surface area contributed by atoms with Crippen LogP contribution in [0.2, 0.25) is 0 Å². The molecule has 0 saturated carbocycles. The van der Waals surface area contributed by atoms with Crippen LogP contribution in [0.3, 0.4) is 0 Å². The van der Waals surface area contributed by atoms with Gasteiger partial charge in [0.1, 0.15) is 24.3 Å². The summed E-state index contributed by atoms with van der Waals surface area (Å²) in [6, 6.07) is 3.39. The van der Waals surface area contributed by atoms with Crippen LogP contribution in [-0.4, -0.2) is 34.3 Å². The largest absolute Gasteiger partial charge is 0.356 e. The molecule has 2 rings (SSSR count). The maximum absolute atomic E-state index is 13.5.